The lowest BCUT2D eigenvalue weighted by Crippen LogP contribution is -2.45. The lowest BCUT2D eigenvalue weighted by molar-refractivity contribution is 0.0925. The van der Waals surface area contributed by atoms with Crippen molar-refractivity contribution in [2.45, 2.75) is 39.7 Å². The molecule has 7 heteroatoms. The van der Waals surface area contributed by atoms with Gasteiger partial charge in [-0.1, -0.05) is 0 Å². The van der Waals surface area contributed by atoms with Crippen LogP contribution >= 0.6 is 0 Å². The first kappa shape index (κ1) is 16.4. The summed E-state index contributed by atoms with van der Waals surface area (Å²) in [4.78, 5) is 23.6. The normalized spacial score (nSPS) is 15.6. The summed E-state index contributed by atoms with van der Waals surface area (Å²) in [5.41, 5.74) is 3.34. The summed E-state index contributed by atoms with van der Waals surface area (Å²) in [6.45, 7) is 7.61. The molecule has 0 atom stereocenters. The maximum atomic E-state index is 12.3. The molecule has 0 bridgehead atoms. The Kier molecular flexibility index (Phi) is 4.51. The number of hydrogen-bond acceptors (Lipinski definition) is 5. The van der Waals surface area contributed by atoms with E-state index in [0.717, 1.165) is 48.8 Å². The van der Waals surface area contributed by atoms with Crippen LogP contribution in [0, 0.1) is 20.8 Å². The van der Waals surface area contributed by atoms with E-state index in [1.807, 2.05) is 33.9 Å². The van der Waals surface area contributed by atoms with Crippen LogP contribution in [0.4, 0.5) is 5.82 Å². The number of carbonyl (C=O) groups excluding carboxylic acids is 1. The molecule has 1 aliphatic rings. The molecule has 3 heterocycles. The van der Waals surface area contributed by atoms with Crippen LogP contribution in [0.5, 0.6) is 0 Å². The molecule has 1 aliphatic heterocycles. The average molecular weight is 328 g/mol. The third kappa shape index (κ3) is 3.39. The zero-order chi connectivity index (χ0) is 17.3. The molecule has 3 rings (SSSR count). The molecule has 1 saturated heterocycles. The molecule has 128 valence electrons. The van der Waals surface area contributed by atoms with Gasteiger partial charge in [0.1, 0.15) is 11.5 Å². The number of carbonyl (C=O) groups is 1. The Balaban J connectivity index is 1.59. The van der Waals surface area contributed by atoms with Crippen molar-refractivity contribution in [2.75, 3.05) is 18.0 Å². The van der Waals surface area contributed by atoms with Gasteiger partial charge in [-0.15, -0.1) is 0 Å². The van der Waals surface area contributed by atoms with E-state index in [-0.39, 0.29) is 11.9 Å². The minimum absolute atomic E-state index is 0.0938. The highest BCUT2D eigenvalue weighted by molar-refractivity contribution is 5.92. The highest BCUT2D eigenvalue weighted by atomic mass is 16.2. The number of anilines is 1. The maximum Gasteiger partial charge on any atom is 0.272 e. The van der Waals surface area contributed by atoms with Gasteiger partial charge < -0.3 is 10.2 Å². The van der Waals surface area contributed by atoms with E-state index in [1.54, 1.807) is 10.9 Å². The van der Waals surface area contributed by atoms with Gasteiger partial charge in [0.15, 0.2) is 0 Å². The van der Waals surface area contributed by atoms with Crippen LogP contribution in [0.15, 0.2) is 12.3 Å². The van der Waals surface area contributed by atoms with Crippen LogP contribution in [-0.2, 0) is 7.05 Å². The van der Waals surface area contributed by atoms with E-state index in [9.17, 15) is 4.79 Å². The highest BCUT2D eigenvalue weighted by Crippen LogP contribution is 2.20. The number of aryl methyl sites for hydroxylation is 4. The molecule has 1 amide bonds. The minimum Gasteiger partial charge on any atom is -0.355 e. The first-order valence-electron chi connectivity index (χ1n) is 8.30. The van der Waals surface area contributed by atoms with Crippen molar-refractivity contribution in [2.24, 2.45) is 7.05 Å². The Hall–Kier alpha value is -2.44. The molecule has 0 radical (unpaired) electrons. The fraction of sp³-hybridized carbons (Fsp3) is 0.529. The first-order chi connectivity index (χ1) is 11.4. The Morgan fingerprint density at radius 1 is 1.25 bits per heavy atom. The van der Waals surface area contributed by atoms with Crippen molar-refractivity contribution in [1.82, 2.24) is 25.1 Å². The van der Waals surface area contributed by atoms with Crippen molar-refractivity contribution in [3.8, 4) is 0 Å². The third-order valence-electron chi connectivity index (χ3n) is 4.53. The van der Waals surface area contributed by atoms with Crippen molar-refractivity contribution in [3.05, 3.63) is 35.0 Å². The van der Waals surface area contributed by atoms with Gasteiger partial charge in [-0.05, 0) is 39.7 Å². The molecule has 0 spiro atoms. The summed E-state index contributed by atoms with van der Waals surface area (Å²) < 4.78 is 1.72. The molecule has 1 fully saturated rings. The van der Waals surface area contributed by atoms with E-state index < -0.39 is 0 Å². The van der Waals surface area contributed by atoms with Gasteiger partial charge in [0, 0.05) is 38.1 Å². The van der Waals surface area contributed by atoms with Crippen molar-refractivity contribution >= 4 is 11.7 Å². The monoisotopic (exact) mass is 328 g/mol. The molecule has 0 saturated carbocycles. The van der Waals surface area contributed by atoms with Crippen LogP contribution < -0.4 is 10.2 Å². The predicted octanol–water partition coefficient (Wildman–Crippen LogP) is 1.53. The largest absolute Gasteiger partial charge is 0.355 e. The molecule has 0 aromatic carbocycles. The predicted molar refractivity (Wildman–Crippen MR) is 92.2 cm³/mol. The standard InChI is InChI=1S/C17H24N6O/c1-11-10-18-13(3)16(19-11)23-7-5-14(6-8-23)20-17(24)15-9-12(2)22(4)21-15/h9-10,14H,5-8H2,1-4H3,(H,20,24). The molecular weight excluding hydrogens is 304 g/mol. The van der Waals surface area contributed by atoms with Crippen LogP contribution in [-0.4, -0.2) is 44.8 Å². The number of nitrogens with zero attached hydrogens (tertiary/aromatic N) is 5. The average Bonchev–Trinajstić information content (AvgIpc) is 2.90. The molecule has 1 N–H and O–H groups in total. The lowest BCUT2D eigenvalue weighted by atomic mass is 10.0. The SMILES string of the molecule is Cc1cnc(C)c(N2CCC(NC(=O)c3cc(C)n(C)n3)CC2)n1. The number of rotatable bonds is 3. The molecule has 2 aromatic heterocycles. The zero-order valence-corrected chi connectivity index (χ0v) is 14.7. The molecular formula is C17H24N6O. The zero-order valence-electron chi connectivity index (χ0n) is 14.7. The Morgan fingerprint density at radius 2 is 1.96 bits per heavy atom. The fourth-order valence-electron chi connectivity index (χ4n) is 2.99. The third-order valence-corrected chi connectivity index (χ3v) is 4.53. The van der Waals surface area contributed by atoms with Gasteiger partial charge >= 0.3 is 0 Å². The second-order valence-electron chi connectivity index (χ2n) is 6.45. The summed E-state index contributed by atoms with van der Waals surface area (Å²) >= 11 is 0. The summed E-state index contributed by atoms with van der Waals surface area (Å²) in [5.74, 6) is 0.865. The van der Waals surface area contributed by atoms with Crippen molar-refractivity contribution in [3.63, 3.8) is 0 Å². The summed E-state index contributed by atoms with van der Waals surface area (Å²) in [6, 6.07) is 1.99. The number of aromatic nitrogens is 4. The molecule has 2 aromatic rings. The van der Waals surface area contributed by atoms with Gasteiger partial charge in [-0.2, -0.15) is 5.10 Å². The Morgan fingerprint density at radius 3 is 2.58 bits per heavy atom. The molecule has 0 aliphatic carbocycles. The summed E-state index contributed by atoms with van der Waals surface area (Å²) in [6.07, 6.45) is 3.58. The summed E-state index contributed by atoms with van der Waals surface area (Å²) in [5, 5.41) is 7.33. The van der Waals surface area contributed by atoms with Gasteiger partial charge in [0.2, 0.25) is 0 Å². The maximum absolute atomic E-state index is 12.3. The van der Waals surface area contributed by atoms with E-state index >= 15 is 0 Å². The molecule has 24 heavy (non-hydrogen) atoms. The number of amides is 1. The molecule has 7 nitrogen and oxygen atoms in total. The van der Waals surface area contributed by atoms with E-state index in [1.165, 1.54) is 0 Å². The number of nitrogens with one attached hydrogen (secondary N) is 1. The number of hydrogen-bond donors (Lipinski definition) is 1. The van der Waals surface area contributed by atoms with Crippen LogP contribution in [0.3, 0.4) is 0 Å². The van der Waals surface area contributed by atoms with Crippen LogP contribution in [0.1, 0.15) is 40.4 Å². The van der Waals surface area contributed by atoms with Gasteiger partial charge in [0.05, 0.1) is 11.4 Å². The van der Waals surface area contributed by atoms with Crippen LogP contribution in [0.25, 0.3) is 0 Å². The van der Waals surface area contributed by atoms with Crippen molar-refractivity contribution in [1.29, 1.82) is 0 Å². The smallest absolute Gasteiger partial charge is 0.272 e. The summed E-state index contributed by atoms with van der Waals surface area (Å²) in [7, 11) is 1.84. The van der Waals surface area contributed by atoms with Gasteiger partial charge in [-0.3, -0.25) is 14.5 Å². The second-order valence-corrected chi connectivity index (χ2v) is 6.45. The fourth-order valence-corrected chi connectivity index (χ4v) is 2.99. The van der Waals surface area contributed by atoms with Gasteiger partial charge in [0.25, 0.3) is 5.91 Å². The molecule has 0 unspecified atom stereocenters. The van der Waals surface area contributed by atoms with Crippen molar-refractivity contribution < 1.29 is 4.79 Å². The second kappa shape index (κ2) is 6.59. The first-order valence-corrected chi connectivity index (χ1v) is 8.30. The topological polar surface area (TPSA) is 75.9 Å². The Bertz CT molecular complexity index is 726. The van der Waals surface area contributed by atoms with E-state index in [2.05, 4.69) is 25.3 Å². The number of piperidine rings is 1. The van der Waals surface area contributed by atoms with E-state index in [4.69, 9.17) is 0 Å². The van der Waals surface area contributed by atoms with Gasteiger partial charge in [-0.25, -0.2) is 4.98 Å². The lowest BCUT2D eigenvalue weighted by Gasteiger charge is -2.33. The van der Waals surface area contributed by atoms with E-state index in [0.29, 0.717) is 5.69 Å². The van der Waals surface area contributed by atoms with Crippen LogP contribution in [0.2, 0.25) is 0 Å². The quantitative estimate of drug-likeness (QED) is 0.925. The Labute approximate surface area is 142 Å². The highest BCUT2D eigenvalue weighted by Gasteiger charge is 2.24. The minimum atomic E-state index is -0.0938.